The van der Waals surface area contributed by atoms with Crippen LogP contribution < -0.4 is 0 Å². The molecule has 1 saturated carbocycles. The van der Waals surface area contributed by atoms with Crippen molar-refractivity contribution in [2.45, 2.75) is 25.4 Å². The number of nitrogens with zero attached hydrogens (tertiary/aromatic N) is 3. The molecule has 128 valence electrons. The fourth-order valence-electron chi connectivity index (χ4n) is 2.87. The van der Waals surface area contributed by atoms with Gasteiger partial charge in [0.05, 0.1) is 5.02 Å². The zero-order valence-corrected chi connectivity index (χ0v) is 13.9. The van der Waals surface area contributed by atoms with Crippen molar-refractivity contribution in [1.82, 2.24) is 14.3 Å². The van der Waals surface area contributed by atoms with Crippen molar-refractivity contribution in [3.05, 3.63) is 64.8 Å². The van der Waals surface area contributed by atoms with Crippen molar-refractivity contribution in [3.8, 4) is 5.75 Å². The van der Waals surface area contributed by atoms with Gasteiger partial charge >= 0.3 is 0 Å². The largest absolute Gasteiger partial charge is 0.508 e. The van der Waals surface area contributed by atoms with Gasteiger partial charge in [-0.3, -0.25) is 9.20 Å². The van der Waals surface area contributed by atoms with Gasteiger partial charge in [-0.25, -0.2) is 4.98 Å². The molecule has 7 heteroatoms. The molecule has 1 fully saturated rings. The summed E-state index contributed by atoms with van der Waals surface area (Å²) in [5.41, 5.74) is 0.903. The van der Waals surface area contributed by atoms with E-state index in [9.17, 15) is 14.3 Å². The summed E-state index contributed by atoms with van der Waals surface area (Å²) in [6.45, 7) is 0.298. The lowest BCUT2D eigenvalue weighted by molar-refractivity contribution is 0.0719. The Kier molecular flexibility index (Phi) is 3.84. The van der Waals surface area contributed by atoms with E-state index in [0.29, 0.717) is 17.2 Å². The molecule has 3 aromatic rings. The van der Waals surface area contributed by atoms with Gasteiger partial charge in [0.15, 0.2) is 5.69 Å². The molecule has 0 bridgehead atoms. The van der Waals surface area contributed by atoms with Crippen molar-refractivity contribution in [1.29, 1.82) is 0 Å². The Morgan fingerprint density at radius 1 is 1.36 bits per heavy atom. The number of hydrogen-bond acceptors (Lipinski definition) is 3. The zero-order valence-electron chi connectivity index (χ0n) is 13.2. The SMILES string of the molecule is O=C(c1nc2ccc(Cl)cn2c1F)N(Cc1cccc(O)c1)C1CC1. The third-order valence-electron chi connectivity index (χ3n) is 4.24. The van der Waals surface area contributed by atoms with E-state index in [-0.39, 0.29) is 17.5 Å². The molecular weight excluding hydrogens is 345 g/mol. The van der Waals surface area contributed by atoms with Crippen LogP contribution in [0.2, 0.25) is 5.02 Å². The molecule has 0 aliphatic heterocycles. The summed E-state index contributed by atoms with van der Waals surface area (Å²) in [7, 11) is 0. The van der Waals surface area contributed by atoms with E-state index in [4.69, 9.17) is 11.6 Å². The van der Waals surface area contributed by atoms with E-state index in [1.165, 1.54) is 10.6 Å². The highest BCUT2D eigenvalue weighted by Crippen LogP contribution is 2.31. The zero-order chi connectivity index (χ0) is 17.6. The third-order valence-corrected chi connectivity index (χ3v) is 4.46. The van der Waals surface area contributed by atoms with Crippen molar-refractivity contribution >= 4 is 23.2 Å². The summed E-state index contributed by atoms with van der Waals surface area (Å²) in [4.78, 5) is 18.7. The Hall–Kier alpha value is -2.60. The minimum atomic E-state index is -0.718. The lowest BCUT2D eigenvalue weighted by Crippen LogP contribution is -2.33. The van der Waals surface area contributed by atoms with E-state index in [0.717, 1.165) is 18.4 Å². The van der Waals surface area contributed by atoms with Crippen molar-refractivity contribution < 1.29 is 14.3 Å². The highest BCUT2D eigenvalue weighted by molar-refractivity contribution is 6.30. The number of imidazole rings is 1. The average Bonchev–Trinajstić information content (AvgIpc) is 3.37. The van der Waals surface area contributed by atoms with Crippen LogP contribution in [0.15, 0.2) is 42.6 Å². The molecule has 1 amide bonds. The van der Waals surface area contributed by atoms with E-state index < -0.39 is 11.9 Å². The number of fused-ring (bicyclic) bond motifs is 1. The number of hydrogen-bond donors (Lipinski definition) is 1. The number of aromatic nitrogens is 2. The summed E-state index contributed by atoms with van der Waals surface area (Å²) in [5.74, 6) is -1.04. The minimum Gasteiger partial charge on any atom is -0.508 e. The Morgan fingerprint density at radius 3 is 2.88 bits per heavy atom. The Morgan fingerprint density at radius 2 is 2.16 bits per heavy atom. The van der Waals surface area contributed by atoms with Crippen molar-refractivity contribution in [2.24, 2.45) is 0 Å². The number of rotatable bonds is 4. The topological polar surface area (TPSA) is 57.8 Å². The van der Waals surface area contributed by atoms with Crippen LogP contribution in [0.25, 0.3) is 5.65 Å². The van der Waals surface area contributed by atoms with E-state index in [2.05, 4.69) is 4.98 Å². The van der Waals surface area contributed by atoms with E-state index >= 15 is 0 Å². The third kappa shape index (κ3) is 3.05. The number of carbonyl (C=O) groups is 1. The van der Waals surface area contributed by atoms with Crippen LogP contribution in [-0.2, 0) is 6.54 Å². The number of aromatic hydroxyl groups is 1. The quantitative estimate of drug-likeness (QED) is 0.773. The smallest absolute Gasteiger partial charge is 0.277 e. The van der Waals surface area contributed by atoms with Crippen LogP contribution in [0.4, 0.5) is 4.39 Å². The van der Waals surface area contributed by atoms with Gasteiger partial charge in [-0.15, -0.1) is 0 Å². The van der Waals surface area contributed by atoms with Gasteiger partial charge in [0.1, 0.15) is 11.4 Å². The summed E-state index contributed by atoms with van der Waals surface area (Å²) in [6, 6.07) is 9.95. The van der Waals surface area contributed by atoms with Crippen LogP contribution in [-0.4, -0.2) is 31.3 Å². The molecule has 0 saturated heterocycles. The first-order valence-electron chi connectivity index (χ1n) is 7.95. The van der Waals surface area contributed by atoms with Crippen molar-refractivity contribution in [2.75, 3.05) is 0 Å². The van der Waals surface area contributed by atoms with Crippen LogP contribution in [0.1, 0.15) is 28.9 Å². The van der Waals surface area contributed by atoms with Crippen molar-refractivity contribution in [3.63, 3.8) is 0 Å². The summed E-state index contributed by atoms with van der Waals surface area (Å²) in [6.07, 6.45) is 3.16. The maximum Gasteiger partial charge on any atom is 0.277 e. The predicted octanol–water partition coefficient (Wildman–Crippen LogP) is 3.64. The standard InChI is InChI=1S/C18H15ClFN3O2/c19-12-4-7-15-21-16(17(20)23(15)10-12)18(25)22(13-5-6-13)9-11-2-1-3-14(24)8-11/h1-4,7-8,10,13,24H,5-6,9H2. The number of benzene rings is 1. The second-order valence-electron chi connectivity index (χ2n) is 6.16. The van der Waals surface area contributed by atoms with Gasteiger partial charge in [0, 0.05) is 18.8 Å². The monoisotopic (exact) mass is 359 g/mol. The summed E-state index contributed by atoms with van der Waals surface area (Å²) >= 11 is 5.89. The molecule has 1 aromatic carbocycles. The van der Waals surface area contributed by atoms with Crippen LogP contribution in [0.5, 0.6) is 5.75 Å². The molecule has 1 aliphatic carbocycles. The van der Waals surface area contributed by atoms with Gasteiger partial charge in [-0.05, 0) is 42.7 Å². The first-order valence-corrected chi connectivity index (χ1v) is 8.33. The van der Waals surface area contributed by atoms with E-state index in [1.807, 2.05) is 6.07 Å². The molecule has 0 spiro atoms. The number of amides is 1. The maximum absolute atomic E-state index is 14.7. The summed E-state index contributed by atoms with van der Waals surface area (Å²) in [5, 5.41) is 9.97. The molecule has 0 atom stereocenters. The molecule has 1 N–H and O–H groups in total. The van der Waals surface area contributed by atoms with Gasteiger partial charge in [-0.2, -0.15) is 4.39 Å². The van der Waals surface area contributed by atoms with Crippen LogP contribution in [0.3, 0.4) is 0 Å². The number of phenolic OH excluding ortho intramolecular Hbond substituents is 1. The fraction of sp³-hybridized carbons (Fsp3) is 0.222. The minimum absolute atomic E-state index is 0.0719. The first-order chi connectivity index (χ1) is 12.0. The highest BCUT2D eigenvalue weighted by atomic mass is 35.5. The average molecular weight is 360 g/mol. The van der Waals surface area contributed by atoms with Gasteiger partial charge in [-0.1, -0.05) is 23.7 Å². The molecule has 4 rings (SSSR count). The fourth-order valence-corrected chi connectivity index (χ4v) is 3.03. The molecule has 5 nitrogen and oxygen atoms in total. The number of carbonyl (C=O) groups excluding carboxylic acids is 1. The molecule has 1 aliphatic rings. The van der Waals surface area contributed by atoms with E-state index in [1.54, 1.807) is 35.2 Å². The second kappa shape index (κ2) is 6.04. The molecule has 2 aromatic heterocycles. The Balaban J connectivity index is 1.68. The Bertz CT molecular complexity index is 968. The maximum atomic E-state index is 14.7. The molecule has 2 heterocycles. The predicted molar refractivity (Wildman–Crippen MR) is 91.2 cm³/mol. The highest BCUT2D eigenvalue weighted by Gasteiger charge is 2.35. The van der Waals surface area contributed by atoms with Gasteiger partial charge in [0.2, 0.25) is 5.95 Å². The lowest BCUT2D eigenvalue weighted by atomic mass is 10.2. The lowest BCUT2D eigenvalue weighted by Gasteiger charge is -2.21. The normalized spacial score (nSPS) is 14.0. The summed E-state index contributed by atoms with van der Waals surface area (Å²) < 4.78 is 15.8. The number of phenols is 1. The van der Waals surface area contributed by atoms with Crippen LogP contribution >= 0.6 is 11.6 Å². The van der Waals surface area contributed by atoms with Gasteiger partial charge < -0.3 is 10.0 Å². The Labute approximate surface area is 148 Å². The molecule has 25 heavy (non-hydrogen) atoms. The molecular formula is C18H15ClFN3O2. The first kappa shape index (κ1) is 15.9. The number of pyridine rings is 1. The molecule has 0 unspecified atom stereocenters. The second-order valence-corrected chi connectivity index (χ2v) is 6.60. The van der Waals surface area contributed by atoms with Crippen LogP contribution in [0, 0.1) is 5.95 Å². The van der Waals surface area contributed by atoms with Gasteiger partial charge in [0.25, 0.3) is 5.91 Å². The molecule has 0 radical (unpaired) electrons. The number of halogens is 2.